The van der Waals surface area contributed by atoms with Crippen molar-refractivity contribution in [3.8, 4) is 6.07 Å². The molecule has 0 aliphatic rings. The smallest absolute Gasteiger partial charge is 0.303 e. The first kappa shape index (κ1) is 13.4. The number of nitrogens with zero attached hydrogens (tertiary/aromatic N) is 2. The fraction of sp³-hybridized carbons (Fsp3) is 0.700. The van der Waals surface area contributed by atoms with Gasteiger partial charge in [0, 0.05) is 26.4 Å². The Hall–Kier alpha value is -1.57. The molecule has 5 heteroatoms. The van der Waals surface area contributed by atoms with E-state index in [0.29, 0.717) is 13.0 Å². The summed E-state index contributed by atoms with van der Waals surface area (Å²) in [4.78, 5) is 23.3. The maximum absolute atomic E-state index is 11.5. The highest BCUT2D eigenvalue weighted by atomic mass is 16.4. The normalized spacial score (nSPS) is 11.5. The van der Waals surface area contributed by atoms with E-state index in [-0.39, 0.29) is 24.7 Å². The number of aliphatic carboxylic acids is 1. The summed E-state index contributed by atoms with van der Waals surface area (Å²) in [5.41, 5.74) is 0. The predicted molar refractivity (Wildman–Crippen MR) is 53.9 cm³/mol. The molecule has 0 rings (SSSR count). The van der Waals surface area contributed by atoms with Gasteiger partial charge in [-0.1, -0.05) is 6.92 Å². The van der Waals surface area contributed by atoms with Crippen LogP contribution in [-0.4, -0.2) is 35.5 Å². The summed E-state index contributed by atoms with van der Waals surface area (Å²) in [6, 6.07) is 1.95. The Morgan fingerprint density at radius 2 is 2.07 bits per heavy atom. The van der Waals surface area contributed by atoms with E-state index in [2.05, 4.69) is 0 Å². The van der Waals surface area contributed by atoms with Crippen molar-refractivity contribution < 1.29 is 14.7 Å². The molecule has 0 spiro atoms. The highest BCUT2D eigenvalue weighted by molar-refractivity contribution is 5.77. The third-order valence-electron chi connectivity index (χ3n) is 2.03. The number of nitriles is 1. The molecule has 15 heavy (non-hydrogen) atoms. The molecule has 1 amide bonds. The Morgan fingerprint density at radius 3 is 2.53 bits per heavy atom. The number of rotatable bonds is 6. The van der Waals surface area contributed by atoms with Crippen LogP contribution < -0.4 is 0 Å². The predicted octanol–water partition coefficient (Wildman–Crippen LogP) is 0.859. The molecular weight excluding hydrogens is 196 g/mol. The second kappa shape index (κ2) is 6.82. The zero-order valence-corrected chi connectivity index (χ0v) is 9.06. The summed E-state index contributed by atoms with van der Waals surface area (Å²) >= 11 is 0. The SMILES string of the molecule is CC(CC(=O)O)CC(=O)N(C)CCC#N. The molecular formula is C10H16N2O3. The molecule has 0 aromatic heterocycles. The summed E-state index contributed by atoms with van der Waals surface area (Å²) in [6.45, 7) is 2.12. The third kappa shape index (κ3) is 6.49. The molecule has 0 fully saturated rings. The topological polar surface area (TPSA) is 81.4 Å². The minimum atomic E-state index is -0.894. The fourth-order valence-electron chi connectivity index (χ4n) is 1.17. The number of carbonyl (C=O) groups excluding carboxylic acids is 1. The summed E-state index contributed by atoms with van der Waals surface area (Å²) in [5, 5.41) is 16.8. The Kier molecular flexibility index (Phi) is 6.11. The molecule has 0 heterocycles. The molecule has 0 aromatic rings. The minimum absolute atomic E-state index is 0.00215. The first-order valence-electron chi connectivity index (χ1n) is 4.80. The molecule has 0 aliphatic carbocycles. The molecule has 1 atom stereocenters. The zero-order valence-electron chi connectivity index (χ0n) is 9.06. The zero-order chi connectivity index (χ0) is 11.8. The fourth-order valence-corrected chi connectivity index (χ4v) is 1.17. The number of hydrogen-bond donors (Lipinski definition) is 1. The maximum Gasteiger partial charge on any atom is 0.303 e. The quantitative estimate of drug-likeness (QED) is 0.708. The van der Waals surface area contributed by atoms with E-state index < -0.39 is 5.97 Å². The van der Waals surface area contributed by atoms with Crippen molar-refractivity contribution >= 4 is 11.9 Å². The molecule has 0 saturated carbocycles. The van der Waals surface area contributed by atoms with E-state index in [1.54, 1.807) is 14.0 Å². The lowest BCUT2D eigenvalue weighted by atomic mass is 10.0. The van der Waals surface area contributed by atoms with Crippen LogP contribution in [-0.2, 0) is 9.59 Å². The molecule has 0 bridgehead atoms. The van der Waals surface area contributed by atoms with Crippen molar-refractivity contribution in [3.05, 3.63) is 0 Å². The molecule has 0 aromatic carbocycles. The van der Waals surface area contributed by atoms with E-state index in [0.717, 1.165) is 0 Å². The van der Waals surface area contributed by atoms with Gasteiger partial charge < -0.3 is 10.0 Å². The average molecular weight is 212 g/mol. The van der Waals surface area contributed by atoms with Gasteiger partial charge in [-0.05, 0) is 5.92 Å². The number of carbonyl (C=O) groups is 2. The van der Waals surface area contributed by atoms with Gasteiger partial charge in [-0.25, -0.2) is 0 Å². The number of carboxylic acid groups (broad SMARTS) is 1. The molecule has 84 valence electrons. The Labute approximate surface area is 89.3 Å². The van der Waals surface area contributed by atoms with Crippen LogP contribution in [0.25, 0.3) is 0 Å². The lowest BCUT2D eigenvalue weighted by Gasteiger charge is -2.17. The van der Waals surface area contributed by atoms with Gasteiger partial charge in [0.25, 0.3) is 0 Å². The Morgan fingerprint density at radius 1 is 1.47 bits per heavy atom. The lowest BCUT2D eigenvalue weighted by molar-refractivity contribution is -0.138. The van der Waals surface area contributed by atoms with E-state index >= 15 is 0 Å². The van der Waals surface area contributed by atoms with E-state index in [1.807, 2.05) is 6.07 Å². The molecule has 5 nitrogen and oxygen atoms in total. The number of amides is 1. The van der Waals surface area contributed by atoms with Crippen molar-refractivity contribution in [1.82, 2.24) is 4.90 Å². The van der Waals surface area contributed by atoms with Crippen LogP contribution in [0, 0.1) is 17.2 Å². The molecule has 0 saturated heterocycles. The molecule has 0 radical (unpaired) electrons. The van der Waals surface area contributed by atoms with E-state index in [9.17, 15) is 9.59 Å². The van der Waals surface area contributed by atoms with Crippen molar-refractivity contribution in [2.75, 3.05) is 13.6 Å². The van der Waals surface area contributed by atoms with E-state index in [1.165, 1.54) is 4.90 Å². The van der Waals surface area contributed by atoms with Crippen LogP contribution in [0.5, 0.6) is 0 Å². The van der Waals surface area contributed by atoms with Crippen LogP contribution in [0.4, 0.5) is 0 Å². The monoisotopic (exact) mass is 212 g/mol. The molecule has 1 N–H and O–H groups in total. The van der Waals surface area contributed by atoms with Crippen molar-refractivity contribution in [2.45, 2.75) is 26.2 Å². The van der Waals surface area contributed by atoms with E-state index in [4.69, 9.17) is 10.4 Å². The summed E-state index contributed by atoms with van der Waals surface area (Å²) in [7, 11) is 1.62. The van der Waals surface area contributed by atoms with Crippen LogP contribution in [0.2, 0.25) is 0 Å². The third-order valence-corrected chi connectivity index (χ3v) is 2.03. The van der Waals surface area contributed by atoms with Gasteiger partial charge >= 0.3 is 5.97 Å². The van der Waals surface area contributed by atoms with Gasteiger partial charge in [0.15, 0.2) is 0 Å². The standard InChI is InChI=1S/C10H16N2O3/c1-8(7-10(14)15)6-9(13)12(2)5-3-4-11/h8H,3,5-7H2,1-2H3,(H,14,15). The highest BCUT2D eigenvalue weighted by Crippen LogP contribution is 2.09. The van der Waals surface area contributed by atoms with Crippen LogP contribution >= 0.6 is 0 Å². The van der Waals surface area contributed by atoms with Crippen molar-refractivity contribution in [3.63, 3.8) is 0 Å². The van der Waals surface area contributed by atoms with Gasteiger partial charge in [-0.2, -0.15) is 5.26 Å². The van der Waals surface area contributed by atoms with Crippen LogP contribution in [0.3, 0.4) is 0 Å². The largest absolute Gasteiger partial charge is 0.481 e. The lowest BCUT2D eigenvalue weighted by Crippen LogP contribution is -2.29. The minimum Gasteiger partial charge on any atom is -0.481 e. The van der Waals surface area contributed by atoms with Crippen molar-refractivity contribution in [2.24, 2.45) is 5.92 Å². The van der Waals surface area contributed by atoms with Gasteiger partial charge in [-0.15, -0.1) is 0 Å². The summed E-state index contributed by atoms with van der Waals surface area (Å²) < 4.78 is 0. The van der Waals surface area contributed by atoms with Gasteiger partial charge in [0.2, 0.25) is 5.91 Å². The molecule has 1 unspecified atom stereocenters. The average Bonchev–Trinajstić information content (AvgIpc) is 2.12. The highest BCUT2D eigenvalue weighted by Gasteiger charge is 2.15. The first-order valence-corrected chi connectivity index (χ1v) is 4.80. The second-order valence-corrected chi connectivity index (χ2v) is 3.63. The van der Waals surface area contributed by atoms with Gasteiger partial charge in [-0.3, -0.25) is 9.59 Å². The number of hydrogen-bond acceptors (Lipinski definition) is 3. The van der Waals surface area contributed by atoms with Crippen molar-refractivity contribution in [1.29, 1.82) is 5.26 Å². The summed E-state index contributed by atoms with van der Waals surface area (Å²) in [6.07, 6.45) is 0.515. The number of carboxylic acids is 1. The summed E-state index contributed by atoms with van der Waals surface area (Å²) in [5.74, 6) is -1.17. The first-order chi connectivity index (χ1) is 6.97. The van der Waals surface area contributed by atoms with Gasteiger partial charge in [0.1, 0.15) is 0 Å². The Bertz CT molecular complexity index is 270. The second-order valence-electron chi connectivity index (χ2n) is 3.63. The molecule has 0 aliphatic heterocycles. The van der Waals surface area contributed by atoms with Gasteiger partial charge in [0.05, 0.1) is 12.5 Å². The van der Waals surface area contributed by atoms with Crippen LogP contribution in [0.1, 0.15) is 26.2 Å². The Balaban J connectivity index is 3.91. The maximum atomic E-state index is 11.5. The van der Waals surface area contributed by atoms with Crippen LogP contribution in [0.15, 0.2) is 0 Å².